The molecule has 4 heteroatoms. The summed E-state index contributed by atoms with van der Waals surface area (Å²) in [6.45, 7) is 6.70. The Balaban J connectivity index is 1.82. The van der Waals surface area contributed by atoms with E-state index >= 15 is 0 Å². The first kappa shape index (κ1) is 25.9. The molecular weight excluding hydrogens is 398 g/mol. The van der Waals surface area contributed by atoms with Crippen LogP contribution in [0.3, 0.4) is 0 Å². The largest absolute Gasteiger partial charge is 0.455 e. The third-order valence-electron chi connectivity index (χ3n) is 6.12. The first-order chi connectivity index (χ1) is 15.3. The standard InChI is InChI=1S/C28H42NO3/c1-6-7-8-9-10-12-16-25-19-15-20-27(21-25)31-24(3)32-28(30)23(2)29(4,5)22-26-17-13-11-14-18-26/h11,13-15,17-21,23-24H,6-10,12,16,22H2,1-5H3/q+1. The Labute approximate surface area is 195 Å². The predicted octanol–water partition coefficient (Wildman–Crippen LogP) is 6.52. The van der Waals surface area contributed by atoms with Crippen molar-refractivity contribution in [3.05, 3.63) is 65.7 Å². The van der Waals surface area contributed by atoms with Gasteiger partial charge in [-0.15, -0.1) is 0 Å². The lowest BCUT2D eigenvalue weighted by molar-refractivity contribution is -0.917. The summed E-state index contributed by atoms with van der Waals surface area (Å²) >= 11 is 0. The van der Waals surface area contributed by atoms with Crippen molar-refractivity contribution in [3.8, 4) is 5.75 Å². The van der Waals surface area contributed by atoms with Crippen molar-refractivity contribution < 1.29 is 18.8 Å². The molecule has 0 aliphatic carbocycles. The lowest BCUT2D eigenvalue weighted by atomic mass is 10.0. The van der Waals surface area contributed by atoms with Crippen molar-refractivity contribution in [3.63, 3.8) is 0 Å². The zero-order valence-electron chi connectivity index (χ0n) is 20.7. The van der Waals surface area contributed by atoms with Gasteiger partial charge < -0.3 is 14.0 Å². The summed E-state index contributed by atoms with van der Waals surface area (Å²) in [7, 11) is 4.10. The quantitative estimate of drug-likeness (QED) is 0.145. The van der Waals surface area contributed by atoms with E-state index in [0.717, 1.165) is 18.7 Å². The fourth-order valence-electron chi connectivity index (χ4n) is 3.84. The molecule has 0 radical (unpaired) electrons. The van der Waals surface area contributed by atoms with Crippen LogP contribution in [0.4, 0.5) is 0 Å². The van der Waals surface area contributed by atoms with Gasteiger partial charge in [0.25, 0.3) is 0 Å². The van der Waals surface area contributed by atoms with Gasteiger partial charge in [-0.3, -0.25) is 0 Å². The Morgan fingerprint density at radius 2 is 1.53 bits per heavy atom. The number of hydrogen-bond acceptors (Lipinski definition) is 3. The monoisotopic (exact) mass is 440 g/mol. The van der Waals surface area contributed by atoms with E-state index in [4.69, 9.17) is 9.47 Å². The highest BCUT2D eigenvalue weighted by Gasteiger charge is 2.33. The van der Waals surface area contributed by atoms with Gasteiger partial charge >= 0.3 is 5.97 Å². The maximum absolute atomic E-state index is 12.8. The number of likely N-dealkylation sites (N-methyl/N-ethyl adjacent to an activating group) is 1. The van der Waals surface area contributed by atoms with Crippen molar-refractivity contribution in [2.24, 2.45) is 0 Å². The zero-order valence-corrected chi connectivity index (χ0v) is 20.7. The summed E-state index contributed by atoms with van der Waals surface area (Å²) < 4.78 is 12.1. The Morgan fingerprint density at radius 3 is 2.25 bits per heavy atom. The molecule has 0 aromatic heterocycles. The molecule has 32 heavy (non-hydrogen) atoms. The minimum atomic E-state index is -0.633. The highest BCUT2D eigenvalue weighted by molar-refractivity contribution is 5.74. The van der Waals surface area contributed by atoms with Gasteiger partial charge in [0.2, 0.25) is 6.29 Å². The molecule has 4 nitrogen and oxygen atoms in total. The van der Waals surface area contributed by atoms with Crippen LogP contribution < -0.4 is 4.74 Å². The fraction of sp³-hybridized carbons (Fsp3) is 0.536. The molecule has 2 unspecified atom stereocenters. The van der Waals surface area contributed by atoms with E-state index in [2.05, 4.69) is 45.3 Å². The van der Waals surface area contributed by atoms with Crippen molar-refractivity contribution in [1.82, 2.24) is 0 Å². The SMILES string of the molecule is CCCCCCCCc1cccc(OC(C)OC(=O)C(C)[N+](C)(C)Cc2ccccc2)c1. The number of rotatable bonds is 14. The summed E-state index contributed by atoms with van der Waals surface area (Å²) in [5.74, 6) is 0.501. The van der Waals surface area contributed by atoms with Crippen LogP contribution >= 0.6 is 0 Å². The number of hydrogen-bond donors (Lipinski definition) is 0. The molecule has 0 aliphatic rings. The number of benzene rings is 2. The molecule has 0 N–H and O–H groups in total. The average molecular weight is 441 g/mol. The van der Waals surface area contributed by atoms with Gasteiger partial charge in [-0.2, -0.15) is 0 Å². The van der Waals surface area contributed by atoms with Crippen LogP contribution in [0.2, 0.25) is 0 Å². The molecule has 2 aromatic carbocycles. The number of ether oxygens (including phenoxy) is 2. The van der Waals surface area contributed by atoms with E-state index in [0.29, 0.717) is 4.48 Å². The molecular formula is C28H42NO3+. The normalized spacial score (nSPS) is 13.4. The summed E-state index contributed by atoms with van der Waals surface area (Å²) in [6.07, 6.45) is 8.16. The summed E-state index contributed by atoms with van der Waals surface area (Å²) in [6, 6.07) is 18.1. The minimum absolute atomic E-state index is 0.248. The highest BCUT2D eigenvalue weighted by Crippen LogP contribution is 2.19. The van der Waals surface area contributed by atoms with E-state index in [9.17, 15) is 4.79 Å². The Bertz CT molecular complexity index is 803. The fourth-order valence-corrected chi connectivity index (χ4v) is 3.84. The van der Waals surface area contributed by atoms with Crippen molar-refractivity contribution in [2.45, 2.75) is 84.6 Å². The third-order valence-corrected chi connectivity index (χ3v) is 6.12. The van der Waals surface area contributed by atoms with Gasteiger partial charge in [0, 0.05) is 12.5 Å². The topological polar surface area (TPSA) is 35.5 Å². The number of aryl methyl sites for hydroxylation is 1. The second-order valence-electron chi connectivity index (χ2n) is 9.39. The molecule has 0 amide bonds. The van der Waals surface area contributed by atoms with Gasteiger partial charge in [0.1, 0.15) is 12.3 Å². The molecule has 0 bridgehead atoms. The van der Waals surface area contributed by atoms with Gasteiger partial charge in [0.05, 0.1) is 14.1 Å². The van der Waals surface area contributed by atoms with Gasteiger partial charge in [-0.1, -0.05) is 81.5 Å². The third kappa shape index (κ3) is 9.04. The number of nitrogens with zero attached hydrogens (tertiary/aromatic N) is 1. The molecule has 2 aromatic rings. The molecule has 0 saturated heterocycles. The van der Waals surface area contributed by atoms with Crippen molar-refractivity contribution in [1.29, 1.82) is 0 Å². The van der Waals surface area contributed by atoms with Gasteiger partial charge in [-0.05, 0) is 37.5 Å². The lowest BCUT2D eigenvalue weighted by Gasteiger charge is -2.35. The van der Waals surface area contributed by atoms with Crippen molar-refractivity contribution in [2.75, 3.05) is 14.1 Å². The molecule has 0 aliphatic heterocycles. The van der Waals surface area contributed by atoms with E-state index in [-0.39, 0.29) is 12.0 Å². The Kier molecular flexibility index (Phi) is 10.8. The van der Waals surface area contributed by atoms with E-state index in [1.807, 2.05) is 37.3 Å². The number of esters is 1. The smallest absolute Gasteiger partial charge is 0.367 e. The predicted molar refractivity (Wildman–Crippen MR) is 131 cm³/mol. The van der Waals surface area contributed by atoms with E-state index in [1.165, 1.54) is 49.7 Å². The molecule has 0 fully saturated rings. The Morgan fingerprint density at radius 1 is 0.875 bits per heavy atom. The second kappa shape index (κ2) is 13.3. The van der Waals surface area contributed by atoms with Gasteiger partial charge in [0.15, 0.2) is 6.04 Å². The molecule has 0 heterocycles. The van der Waals surface area contributed by atoms with Crippen molar-refractivity contribution >= 4 is 5.97 Å². The van der Waals surface area contributed by atoms with Gasteiger partial charge in [-0.25, -0.2) is 4.79 Å². The molecule has 2 rings (SSSR count). The number of unbranched alkanes of at least 4 members (excludes halogenated alkanes) is 5. The average Bonchev–Trinajstić information content (AvgIpc) is 2.76. The molecule has 2 atom stereocenters. The maximum Gasteiger partial charge on any atom is 0.367 e. The Hall–Kier alpha value is -2.33. The van der Waals surface area contributed by atoms with E-state index in [1.54, 1.807) is 6.92 Å². The summed E-state index contributed by atoms with van der Waals surface area (Å²) in [4.78, 5) is 12.8. The minimum Gasteiger partial charge on any atom is -0.455 e. The van der Waals surface area contributed by atoms with Crippen LogP contribution in [0.25, 0.3) is 0 Å². The molecule has 176 valence electrons. The number of carbonyl (C=O) groups is 1. The zero-order chi connectivity index (χ0) is 23.4. The number of quaternary nitrogens is 1. The summed E-state index contributed by atoms with van der Waals surface area (Å²) in [5.41, 5.74) is 2.47. The first-order valence-corrected chi connectivity index (χ1v) is 12.1. The van der Waals surface area contributed by atoms with E-state index < -0.39 is 6.29 Å². The van der Waals surface area contributed by atoms with Crippen LogP contribution in [-0.2, 0) is 22.5 Å². The number of carbonyl (C=O) groups excluding carboxylic acids is 1. The molecule has 0 saturated carbocycles. The maximum atomic E-state index is 12.8. The highest BCUT2D eigenvalue weighted by atomic mass is 16.7. The van der Waals surface area contributed by atoms with Crippen LogP contribution in [0.1, 0.15) is 70.4 Å². The second-order valence-corrected chi connectivity index (χ2v) is 9.39. The van der Waals surface area contributed by atoms with Crippen LogP contribution in [-0.4, -0.2) is 36.9 Å². The van der Waals surface area contributed by atoms with Crippen LogP contribution in [0, 0.1) is 0 Å². The first-order valence-electron chi connectivity index (χ1n) is 12.1. The summed E-state index contributed by atoms with van der Waals surface area (Å²) in [5, 5.41) is 0. The molecule has 0 spiro atoms. The lowest BCUT2D eigenvalue weighted by Crippen LogP contribution is -2.51. The van der Waals surface area contributed by atoms with Crippen LogP contribution in [0.5, 0.6) is 5.75 Å². The van der Waals surface area contributed by atoms with Crippen LogP contribution in [0.15, 0.2) is 54.6 Å².